The zero-order valence-electron chi connectivity index (χ0n) is 16.2. The normalized spacial score (nSPS) is 18.8. The van der Waals surface area contributed by atoms with Gasteiger partial charge in [-0.15, -0.1) is 0 Å². The highest BCUT2D eigenvalue weighted by molar-refractivity contribution is 5.97. The summed E-state index contributed by atoms with van der Waals surface area (Å²) in [5.41, 5.74) is 1.37. The number of aromatic hydroxyl groups is 1. The Hall–Kier alpha value is -2.12. The molecule has 7 heteroatoms. The number of piperazine rings is 1. The Kier molecular flexibility index (Phi) is 6.34. The number of rotatable bonds is 4. The van der Waals surface area contributed by atoms with Crippen LogP contribution in [0, 0.1) is 0 Å². The van der Waals surface area contributed by atoms with Gasteiger partial charge < -0.3 is 19.6 Å². The van der Waals surface area contributed by atoms with Crippen LogP contribution < -0.4 is 0 Å². The summed E-state index contributed by atoms with van der Waals surface area (Å²) in [6.45, 7) is 9.47. The van der Waals surface area contributed by atoms with E-state index in [0.717, 1.165) is 18.7 Å². The van der Waals surface area contributed by atoms with Crippen LogP contribution in [0.25, 0.3) is 0 Å². The van der Waals surface area contributed by atoms with Gasteiger partial charge in [-0.2, -0.15) is 0 Å². The van der Waals surface area contributed by atoms with Gasteiger partial charge >= 0.3 is 0 Å². The molecule has 148 valence electrons. The van der Waals surface area contributed by atoms with Crippen LogP contribution in [0.5, 0.6) is 5.75 Å². The zero-order valence-corrected chi connectivity index (χ0v) is 16.2. The van der Waals surface area contributed by atoms with E-state index in [1.165, 1.54) is 0 Å². The van der Waals surface area contributed by atoms with Gasteiger partial charge in [0.15, 0.2) is 0 Å². The first kappa shape index (κ1) is 19.6. The molecule has 0 aliphatic carbocycles. The number of phenolic OH excluding ortho intramolecular Hbond substituents is 1. The van der Waals surface area contributed by atoms with Crippen LogP contribution in [0.3, 0.4) is 0 Å². The number of ether oxygens (including phenoxy) is 1. The molecule has 27 heavy (non-hydrogen) atoms. The second-order valence-corrected chi connectivity index (χ2v) is 7.49. The predicted octanol–water partition coefficient (Wildman–Crippen LogP) is 1.13. The van der Waals surface area contributed by atoms with Gasteiger partial charge in [-0.05, 0) is 23.6 Å². The topological polar surface area (TPSA) is 73.3 Å². The third-order valence-electron chi connectivity index (χ3n) is 5.30. The monoisotopic (exact) mass is 375 g/mol. The first-order valence-corrected chi connectivity index (χ1v) is 9.65. The first-order chi connectivity index (χ1) is 13.0. The third-order valence-corrected chi connectivity index (χ3v) is 5.30. The summed E-state index contributed by atoms with van der Waals surface area (Å²) in [5.74, 6) is 0.228. The van der Waals surface area contributed by atoms with Crippen LogP contribution in [0.1, 0.15) is 35.7 Å². The van der Waals surface area contributed by atoms with Crippen molar-refractivity contribution in [1.82, 2.24) is 14.7 Å². The lowest BCUT2D eigenvalue weighted by molar-refractivity contribution is -0.134. The van der Waals surface area contributed by atoms with E-state index >= 15 is 0 Å². The second kappa shape index (κ2) is 8.71. The first-order valence-electron chi connectivity index (χ1n) is 9.65. The van der Waals surface area contributed by atoms with Gasteiger partial charge in [0.05, 0.1) is 25.3 Å². The SMILES string of the molecule is CC(C)c1ccc(O)c(C(=O)N2CCN(C(=O)CN3CCOCC3)CC2)c1. The Morgan fingerprint density at radius 2 is 1.67 bits per heavy atom. The molecule has 2 saturated heterocycles. The van der Waals surface area contributed by atoms with Gasteiger partial charge in [0.1, 0.15) is 5.75 Å². The maximum atomic E-state index is 12.8. The maximum absolute atomic E-state index is 12.8. The van der Waals surface area contributed by atoms with E-state index < -0.39 is 0 Å². The van der Waals surface area contributed by atoms with Gasteiger partial charge in [-0.3, -0.25) is 14.5 Å². The highest BCUT2D eigenvalue weighted by Gasteiger charge is 2.27. The number of amides is 2. The molecule has 0 spiro atoms. The van der Waals surface area contributed by atoms with Crippen molar-refractivity contribution in [1.29, 1.82) is 0 Å². The highest BCUT2D eigenvalue weighted by Crippen LogP contribution is 2.25. The van der Waals surface area contributed by atoms with Crippen LogP contribution in [-0.2, 0) is 9.53 Å². The molecule has 0 unspecified atom stereocenters. The number of morpholine rings is 1. The summed E-state index contributed by atoms with van der Waals surface area (Å²) in [7, 11) is 0. The molecule has 0 saturated carbocycles. The number of phenols is 1. The summed E-state index contributed by atoms with van der Waals surface area (Å²) in [4.78, 5) is 31.0. The molecule has 1 aromatic carbocycles. The summed E-state index contributed by atoms with van der Waals surface area (Å²) in [6, 6.07) is 5.21. The minimum absolute atomic E-state index is 0.00947. The van der Waals surface area contributed by atoms with E-state index in [1.807, 2.05) is 11.0 Å². The van der Waals surface area contributed by atoms with Gasteiger partial charge in [0.25, 0.3) is 5.91 Å². The number of hydrogen-bond donors (Lipinski definition) is 1. The molecule has 2 heterocycles. The Morgan fingerprint density at radius 1 is 1.04 bits per heavy atom. The molecule has 2 aliphatic rings. The van der Waals surface area contributed by atoms with Gasteiger partial charge in [0.2, 0.25) is 5.91 Å². The van der Waals surface area contributed by atoms with Crippen molar-refractivity contribution in [2.24, 2.45) is 0 Å². The number of hydrogen-bond acceptors (Lipinski definition) is 5. The molecule has 2 amide bonds. The smallest absolute Gasteiger partial charge is 0.257 e. The van der Waals surface area contributed by atoms with E-state index in [-0.39, 0.29) is 23.5 Å². The Morgan fingerprint density at radius 3 is 2.30 bits per heavy atom. The fraction of sp³-hybridized carbons (Fsp3) is 0.600. The lowest BCUT2D eigenvalue weighted by atomic mass is 9.99. The summed E-state index contributed by atoms with van der Waals surface area (Å²) >= 11 is 0. The molecule has 7 nitrogen and oxygen atoms in total. The third kappa shape index (κ3) is 4.78. The Balaban J connectivity index is 1.56. The van der Waals surface area contributed by atoms with E-state index in [0.29, 0.717) is 51.5 Å². The average molecular weight is 375 g/mol. The number of benzene rings is 1. The van der Waals surface area contributed by atoms with E-state index in [9.17, 15) is 14.7 Å². The van der Waals surface area contributed by atoms with Crippen LogP contribution in [0.2, 0.25) is 0 Å². The predicted molar refractivity (Wildman–Crippen MR) is 102 cm³/mol. The maximum Gasteiger partial charge on any atom is 0.257 e. The molecule has 3 rings (SSSR count). The molecular weight excluding hydrogens is 346 g/mol. The highest BCUT2D eigenvalue weighted by atomic mass is 16.5. The van der Waals surface area contributed by atoms with Crippen LogP contribution in [-0.4, -0.2) is 90.6 Å². The van der Waals surface area contributed by atoms with Crippen molar-refractivity contribution in [3.8, 4) is 5.75 Å². The molecule has 0 radical (unpaired) electrons. The quantitative estimate of drug-likeness (QED) is 0.854. The molecule has 1 N–H and O–H groups in total. The minimum Gasteiger partial charge on any atom is -0.507 e. The van der Waals surface area contributed by atoms with Gasteiger partial charge in [-0.1, -0.05) is 19.9 Å². The van der Waals surface area contributed by atoms with Crippen molar-refractivity contribution in [3.05, 3.63) is 29.3 Å². The van der Waals surface area contributed by atoms with Crippen molar-refractivity contribution in [3.63, 3.8) is 0 Å². The fourth-order valence-electron chi connectivity index (χ4n) is 3.46. The minimum atomic E-state index is -0.171. The van der Waals surface area contributed by atoms with Crippen LogP contribution >= 0.6 is 0 Å². The molecular formula is C20H29N3O4. The van der Waals surface area contributed by atoms with E-state index in [2.05, 4.69) is 18.7 Å². The lowest BCUT2D eigenvalue weighted by Crippen LogP contribution is -2.53. The zero-order chi connectivity index (χ0) is 19.4. The van der Waals surface area contributed by atoms with Gasteiger partial charge in [0, 0.05) is 39.3 Å². The summed E-state index contributed by atoms with van der Waals surface area (Å²) < 4.78 is 5.31. The van der Waals surface area contributed by atoms with E-state index in [1.54, 1.807) is 17.0 Å². The van der Waals surface area contributed by atoms with Crippen LogP contribution in [0.15, 0.2) is 18.2 Å². The fourth-order valence-corrected chi connectivity index (χ4v) is 3.46. The number of carbonyl (C=O) groups is 2. The van der Waals surface area contributed by atoms with Gasteiger partial charge in [-0.25, -0.2) is 0 Å². The van der Waals surface area contributed by atoms with Crippen molar-refractivity contribution in [2.75, 3.05) is 59.0 Å². The van der Waals surface area contributed by atoms with Crippen molar-refractivity contribution < 1.29 is 19.4 Å². The summed E-state index contributed by atoms with van der Waals surface area (Å²) in [6.07, 6.45) is 0. The molecule has 0 aromatic heterocycles. The van der Waals surface area contributed by atoms with Crippen molar-refractivity contribution >= 4 is 11.8 Å². The second-order valence-electron chi connectivity index (χ2n) is 7.49. The Labute approximate surface area is 160 Å². The molecule has 2 aliphatic heterocycles. The summed E-state index contributed by atoms with van der Waals surface area (Å²) in [5, 5.41) is 10.1. The molecule has 0 bridgehead atoms. The average Bonchev–Trinajstić information content (AvgIpc) is 2.68. The largest absolute Gasteiger partial charge is 0.507 e. The molecule has 1 aromatic rings. The number of carbonyl (C=O) groups excluding carboxylic acids is 2. The van der Waals surface area contributed by atoms with Crippen LogP contribution in [0.4, 0.5) is 0 Å². The molecule has 0 atom stereocenters. The lowest BCUT2D eigenvalue weighted by Gasteiger charge is -2.36. The number of nitrogens with zero attached hydrogens (tertiary/aromatic N) is 3. The Bertz CT molecular complexity index is 678. The molecule has 2 fully saturated rings. The van der Waals surface area contributed by atoms with E-state index in [4.69, 9.17) is 4.74 Å². The van der Waals surface area contributed by atoms with Crippen molar-refractivity contribution in [2.45, 2.75) is 19.8 Å². The standard InChI is InChI=1S/C20H29N3O4/c1-15(2)16-3-4-18(24)17(13-16)20(26)23-7-5-22(6-8-23)19(25)14-21-9-11-27-12-10-21/h3-4,13,15,24H,5-12,14H2,1-2H3.